The number of methoxy groups -OCH3 is 1. The minimum atomic E-state index is -0.486. The van der Waals surface area contributed by atoms with Crippen LogP contribution in [0.2, 0.25) is 0 Å². The van der Waals surface area contributed by atoms with Gasteiger partial charge in [-0.15, -0.1) is 0 Å². The summed E-state index contributed by atoms with van der Waals surface area (Å²) >= 11 is 1.97. The number of ether oxygens (including phenoxy) is 1. The van der Waals surface area contributed by atoms with Crippen molar-refractivity contribution in [3.8, 4) is 0 Å². The van der Waals surface area contributed by atoms with Gasteiger partial charge >= 0.3 is 5.97 Å². The summed E-state index contributed by atoms with van der Waals surface area (Å²) < 4.78 is 4.82. The molecule has 2 aromatic rings. The first kappa shape index (κ1) is 16.9. The van der Waals surface area contributed by atoms with Gasteiger partial charge in [0.1, 0.15) is 5.69 Å². The predicted molar refractivity (Wildman–Crippen MR) is 95.8 cm³/mol. The second-order valence-corrected chi connectivity index (χ2v) is 7.05. The molecular formula is C17H22N3O3S+. The summed E-state index contributed by atoms with van der Waals surface area (Å²) in [5.74, 6) is 1.76. The quantitative estimate of drug-likeness (QED) is 0.702. The molecule has 0 spiro atoms. The second-order valence-electron chi connectivity index (χ2n) is 5.82. The topological polar surface area (TPSA) is 75.6 Å². The minimum absolute atomic E-state index is 0.0735. The maximum atomic E-state index is 12.4. The number of para-hydroxylation sites is 1. The Morgan fingerprint density at radius 1 is 1.29 bits per heavy atom. The van der Waals surface area contributed by atoms with Gasteiger partial charge in [0, 0.05) is 22.4 Å². The van der Waals surface area contributed by atoms with E-state index in [1.54, 1.807) is 0 Å². The molecule has 0 aliphatic carbocycles. The van der Waals surface area contributed by atoms with Gasteiger partial charge in [0.2, 0.25) is 5.91 Å². The average Bonchev–Trinajstić information content (AvgIpc) is 2.99. The van der Waals surface area contributed by atoms with Gasteiger partial charge in [0.15, 0.2) is 0 Å². The first-order valence-corrected chi connectivity index (χ1v) is 9.24. The minimum Gasteiger partial charge on any atom is -0.464 e. The summed E-state index contributed by atoms with van der Waals surface area (Å²) in [7, 11) is 1.33. The van der Waals surface area contributed by atoms with Crippen LogP contribution in [0.25, 0.3) is 10.9 Å². The summed E-state index contributed by atoms with van der Waals surface area (Å²) in [6.07, 6.45) is 0.445. The Morgan fingerprint density at radius 2 is 2.04 bits per heavy atom. The van der Waals surface area contributed by atoms with Gasteiger partial charge in [-0.3, -0.25) is 4.79 Å². The van der Waals surface area contributed by atoms with Crippen LogP contribution in [0, 0.1) is 0 Å². The van der Waals surface area contributed by atoms with E-state index in [1.165, 1.54) is 12.0 Å². The third-order valence-corrected chi connectivity index (χ3v) is 5.25. The first-order chi connectivity index (χ1) is 11.7. The Bertz CT molecular complexity index is 738. The Kier molecular flexibility index (Phi) is 5.42. The molecule has 3 rings (SSSR count). The molecule has 7 heteroatoms. The molecule has 0 atom stereocenters. The zero-order chi connectivity index (χ0) is 16.9. The fourth-order valence-electron chi connectivity index (χ4n) is 2.93. The van der Waals surface area contributed by atoms with Crippen LogP contribution in [0.3, 0.4) is 0 Å². The van der Waals surface area contributed by atoms with Crippen molar-refractivity contribution >= 4 is 40.2 Å². The Morgan fingerprint density at radius 3 is 2.79 bits per heavy atom. The van der Waals surface area contributed by atoms with E-state index in [2.05, 4.69) is 10.3 Å². The third-order valence-electron chi connectivity index (χ3n) is 4.27. The van der Waals surface area contributed by atoms with Gasteiger partial charge in [-0.05, 0) is 6.07 Å². The van der Waals surface area contributed by atoms with E-state index < -0.39 is 5.97 Å². The van der Waals surface area contributed by atoms with E-state index in [0.29, 0.717) is 12.1 Å². The SMILES string of the molecule is COC(=O)c1[nH]c2ccccc2c1NC(=O)CC[NH+]1CCSCC1. The van der Waals surface area contributed by atoms with E-state index in [4.69, 9.17) is 4.74 Å². The Hall–Kier alpha value is -1.99. The largest absolute Gasteiger partial charge is 0.464 e. The third kappa shape index (κ3) is 3.73. The lowest BCUT2D eigenvalue weighted by Gasteiger charge is -2.22. The van der Waals surface area contributed by atoms with Gasteiger partial charge < -0.3 is 19.9 Å². The molecule has 1 aromatic heterocycles. The molecule has 1 aliphatic rings. The molecule has 1 aliphatic heterocycles. The number of carbonyl (C=O) groups excluding carboxylic acids is 2. The van der Waals surface area contributed by atoms with Crippen molar-refractivity contribution in [3.05, 3.63) is 30.0 Å². The molecule has 2 heterocycles. The molecule has 1 saturated heterocycles. The number of aromatic amines is 1. The average molecular weight is 348 g/mol. The number of nitrogens with one attached hydrogen (secondary N) is 3. The number of amides is 1. The van der Waals surface area contributed by atoms with Crippen LogP contribution in [-0.4, -0.2) is 55.1 Å². The number of hydrogen-bond acceptors (Lipinski definition) is 4. The summed E-state index contributed by atoms with van der Waals surface area (Å²) in [5.41, 5.74) is 1.59. The van der Waals surface area contributed by atoms with Crippen LogP contribution < -0.4 is 10.2 Å². The molecule has 1 fully saturated rings. The number of rotatable bonds is 5. The second kappa shape index (κ2) is 7.72. The van der Waals surface area contributed by atoms with E-state index >= 15 is 0 Å². The predicted octanol–water partition coefficient (Wildman–Crippen LogP) is 0.915. The van der Waals surface area contributed by atoms with Gasteiger partial charge in [-0.1, -0.05) is 18.2 Å². The fourth-order valence-corrected chi connectivity index (χ4v) is 4.00. The number of esters is 1. The number of thioether (sulfide) groups is 1. The lowest BCUT2D eigenvalue weighted by atomic mass is 10.2. The van der Waals surface area contributed by atoms with Gasteiger partial charge in [0.05, 0.1) is 38.9 Å². The molecule has 128 valence electrons. The highest BCUT2D eigenvalue weighted by Gasteiger charge is 2.21. The molecule has 0 bridgehead atoms. The molecule has 24 heavy (non-hydrogen) atoms. The Labute approximate surface area is 144 Å². The summed E-state index contributed by atoms with van der Waals surface area (Å²) in [4.78, 5) is 28.8. The zero-order valence-corrected chi connectivity index (χ0v) is 14.5. The van der Waals surface area contributed by atoms with Crippen LogP contribution in [0.1, 0.15) is 16.9 Å². The van der Waals surface area contributed by atoms with E-state index in [1.807, 2.05) is 36.0 Å². The maximum absolute atomic E-state index is 12.4. The zero-order valence-electron chi connectivity index (χ0n) is 13.7. The standard InChI is InChI=1S/C17H21N3O3S/c1-23-17(22)16-15(12-4-2-3-5-13(12)18-16)19-14(21)6-7-20-8-10-24-11-9-20/h2-5,18H,6-11H2,1H3,(H,19,21)/p+1. The highest BCUT2D eigenvalue weighted by atomic mass is 32.2. The van der Waals surface area contributed by atoms with Crippen molar-refractivity contribution < 1.29 is 19.2 Å². The molecule has 0 radical (unpaired) electrons. The monoisotopic (exact) mass is 348 g/mol. The summed E-state index contributed by atoms with van der Waals surface area (Å²) in [5, 5.41) is 3.71. The van der Waals surface area contributed by atoms with Crippen LogP contribution in [-0.2, 0) is 9.53 Å². The number of H-pyrrole nitrogens is 1. The van der Waals surface area contributed by atoms with Gasteiger partial charge in [-0.2, -0.15) is 11.8 Å². The molecule has 0 unspecified atom stereocenters. The van der Waals surface area contributed by atoms with Gasteiger partial charge in [-0.25, -0.2) is 4.79 Å². The number of aromatic nitrogens is 1. The highest BCUT2D eigenvalue weighted by Crippen LogP contribution is 2.28. The van der Waals surface area contributed by atoms with Crippen LogP contribution >= 0.6 is 11.8 Å². The number of hydrogen-bond donors (Lipinski definition) is 3. The lowest BCUT2D eigenvalue weighted by molar-refractivity contribution is -0.895. The molecule has 6 nitrogen and oxygen atoms in total. The molecule has 1 aromatic carbocycles. The highest BCUT2D eigenvalue weighted by molar-refractivity contribution is 7.99. The Balaban J connectivity index is 1.73. The number of fused-ring (bicyclic) bond motifs is 1. The van der Waals surface area contributed by atoms with Gasteiger partial charge in [0.25, 0.3) is 0 Å². The fraction of sp³-hybridized carbons (Fsp3) is 0.412. The van der Waals surface area contributed by atoms with Crippen molar-refractivity contribution in [1.82, 2.24) is 4.98 Å². The van der Waals surface area contributed by atoms with E-state index in [0.717, 1.165) is 42.0 Å². The van der Waals surface area contributed by atoms with Crippen LogP contribution in [0.5, 0.6) is 0 Å². The van der Waals surface area contributed by atoms with Crippen LogP contribution in [0.15, 0.2) is 24.3 Å². The van der Waals surface area contributed by atoms with Crippen molar-refractivity contribution in [2.24, 2.45) is 0 Å². The molecule has 1 amide bonds. The number of quaternary nitrogens is 1. The van der Waals surface area contributed by atoms with E-state index in [-0.39, 0.29) is 11.6 Å². The molecular weight excluding hydrogens is 326 g/mol. The normalized spacial score (nSPS) is 15.4. The van der Waals surface area contributed by atoms with Crippen molar-refractivity contribution in [2.45, 2.75) is 6.42 Å². The molecule has 3 N–H and O–H groups in total. The van der Waals surface area contributed by atoms with E-state index in [9.17, 15) is 9.59 Å². The smallest absolute Gasteiger partial charge is 0.356 e. The number of anilines is 1. The number of carbonyl (C=O) groups is 2. The van der Waals surface area contributed by atoms with Crippen molar-refractivity contribution in [1.29, 1.82) is 0 Å². The van der Waals surface area contributed by atoms with Crippen molar-refractivity contribution in [3.63, 3.8) is 0 Å². The summed E-state index contributed by atoms with van der Waals surface area (Å²) in [6, 6.07) is 7.50. The number of benzene rings is 1. The summed E-state index contributed by atoms with van der Waals surface area (Å²) in [6.45, 7) is 3.04. The lowest BCUT2D eigenvalue weighted by Crippen LogP contribution is -3.13. The van der Waals surface area contributed by atoms with Crippen molar-refractivity contribution in [2.75, 3.05) is 43.6 Å². The first-order valence-electron chi connectivity index (χ1n) is 8.09. The van der Waals surface area contributed by atoms with Crippen LogP contribution in [0.4, 0.5) is 5.69 Å². The maximum Gasteiger partial charge on any atom is 0.356 e. The molecule has 0 saturated carbocycles.